The van der Waals surface area contributed by atoms with Crippen molar-refractivity contribution in [1.29, 1.82) is 0 Å². The second-order valence-corrected chi connectivity index (χ2v) is 5.33. The lowest BCUT2D eigenvalue weighted by Crippen LogP contribution is -2.42. The van der Waals surface area contributed by atoms with Crippen LogP contribution in [-0.2, 0) is 0 Å². The van der Waals surface area contributed by atoms with Crippen LogP contribution in [0.25, 0.3) is 6.08 Å². The molecule has 0 amide bonds. The fraction of sp³-hybridized carbons (Fsp3) is 0.500. The molecular formula is C16H24N2. The van der Waals surface area contributed by atoms with Gasteiger partial charge in [-0.05, 0) is 37.8 Å². The predicted octanol–water partition coefficient (Wildman–Crippen LogP) is 2.76. The monoisotopic (exact) mass is 244 g/mol. The summed E-state index contributed by atoms with van der Waals surface area (Å²) in [5.74, 6) is 0.670. The molecule has 1 aliphatic rings. The zero-order valence-electron chi connectivity index (χ0n) is 11.3. The largest absolute Gasteiger partial charge is 0.328 e. The molecule has 18 heavy (non-hydrogen) atoms. The van der Waals surface area contributed by atoms with Crippen LogP contribution in [0.3, 0.4) is 0 Å². The average molecular weight is 244 g/mol. The fourth-order valence-electron chi connectivity index (χ4n) is 2.59. The number of nitrogens with two attached hydrogens (primary N) is 1. The van der Waals surface area contributed by atoms with Crippen molar-refractivity contribution in [2.75, 3.05) is 19.6 Å². The third-order valence-electron chi connectivity index (χ3n) is 3.76. The molecule has 2 nitrogen and oxygen atoms in total. The van der Waals surface area contributed by atoms with Gasteiger partial charge in [0.25, 0.3) is 0 Å². The van der Waals surface area contributed by atoms with E-state index in [1.165, 1.54) is 24.9 Å². The second-order valence-electron chi connectivity index (χ2n) is 5.33. The van der Waals surface area contributed by atoms with Gasteiger partial charge in [-0.3, -0.25) is 4.90 Å². The molecule has 98 valence electrons. The van der Waals surface area contributed by atoms with E-state index in [1.807, 2.05) is 0 Å². The van der Waals surface area contributed by atoms with Gasteiger partial charge in [0, 0.05) is 19.1 Å². The Hall–Kier alpha value is -1.12. The number of hydrogen-bond acceptors (Lipinski definition) is 2. The number of rotatable bonds is 4. The summed E-state index contributed by atoms with van der Waals surface area (Å²) in [4.78, 5) is 2.51. The van der Waals surface area contributed by atoms with Crippen molar-refractivity contribution in [1.82, 2.24) is 4.90 Å². The molecule has 0 aromatic heterocycles. The molecule has 2 heteroatoms. The van der Waals surface area contributed by atoms with Crippen LogP contribution in [0.5, 0.6) is 0 Å². The standard InChI is InChI=1S/C16H24N2/c1-14(17)16-10-6-12-18(13-16)11-5-9-15-7-3-2-4-8-15/h2-5,7-9,14,16H,6,10-13,17H2,1H3/b9-5+. The summed E-state index contributed by atoms with van der Waals surface area (Å²) in [6.07, 6.45) is 7.04. The molecule has 0 aliphatic carbocycles. The second kappa shape index (κ2) is 6.72. The maximum Gasteiger partial charge on any atom is 0.0166 e. The number of benzene rings is 1. The number of nitrogens with zero attached hydrogens (tertiary/aromatic N) is 1. The van der Waals surface area contributed by atoms with E-state index in [2.05, 4.69) is 54.3 Å². The van der Waals surface area contributed by atoms with E-state index in [9.17, 15) is 0 Å². The highest BCUT2D eigenvalue weighted by Gasteiger charge is 2.21. The predicted molar refractivity (Wildman–Crippen MR) is 78.3 cm³/mol. The van der Waals surface area contributed by atoms with Gasteiger partial charge in [0.15, 0.2) is 0 Å². The Morgan fingerprint density at radius 3 is 2.89 bits per heavy atom. The number of likely N-dealkylation sites (tertiary alicyclic amines) is 1. The molecule has 1 heterocycles. The highest BCUT2D eigenvalue weighted by atomic mass is 15.1. The van der Waals surface area contributed by atoms with E-state index in [0.29, 0.717) is 12.0 Å². The average Bonchev–Trinajstić information content (AvgIpc) is 2.40. The third kappa shape index (κ3) is 3.97. The summed E-state index contributed by atoms with van der Waals surface area (Å²) < 4.78 is 0. The van der Waals surface area contributed by atoms with E-state index in [-0.39, 0.29) is 0 Å². The van der Waals surface area contributed by atoms with Gasteiger partial charge in [0.05, 0.1) is 0 Å². The van der Waals surface area contributed by atoms with Gasteiger partial charge in [-0.2, -0.15) is 0 Å². The Kier molecular flexibility index (Phi) is 4.97. The zero-order chi connectivity index (χ0) is 12.8. The van der Waals surface area contributed by atoms with Crippen LogP contribution in [0.4, 0.5) is 0 Å². The Morgan fingerprint density at radius 1 is 1.39 bits per heavy atom. The maximum absolute atomic E-state index is 6.00. The molecule has 1 saturated heterocycles. The van der Waals surface area contributed by atoms with Gasteiger partial charge in [-0.15, -0.1) is 0 Å². The van der Waals surface area contributed by atoms with Crippen LogP contribution >= 0.6 is 0 Å². The van der Waals surface area contributed by atoms with E-state index >= 15 is 0 Å². The SMILES string of the molecule is CC(N)C1CCCN(C/C=C/c2ccccc2)C1. The van der Waals surface area contributed by atoms with E-state index < -0.39 is 0 Å². The first-order chi connectivity index (χ1) is 8.75. The molecule has 0 spiro atoms. The lowest BCUT2D eigenvalue weighted by molar-refractivity contribution is 0.176. The van der Waals surface area contributed by atoms with Crippen molar-refractivity contribution in [2.45, 2.75) is 25.8 Å². The minimum absolute atomic E-state index is 0.325. The van der Waals surface area contributed by atoms with Crippen molar-refractivity contribution >= 4 is 6.08 Å². The van der Waals surface area contributed by atoms with Crippen LogP contribution in [0.1, 0.15) is 25.3 Å². The van der Waals surface area contributed by atoms with Crippen LogP contribution in [0.15, 0.2) is 36.4 Å². The Balaban J connectivity index is 1.81. The van der Waals surface area contributed by atoms with E-state index in [0.717, 1.165) is 13.1 Å². The van der Waals surface area contributed by atoms with Gasteiger partial charge in [0.1, 0.15) is 0 Å². The number of piperidine rings is 1. The molecule has 2 unspecified atom stereocenters. The van der Waals surface area contributed by atoms with Crippen molar-refractivity contribution in [3.63, 3.8) is 0 Å². The Bertz CT molecular complexity index is 370. The van der Waals surface area contributed by atoms with E-state index in [4.69, 9.17) is 5.73 Å². The molecule has 0 radical (unpaired) electrons. The van der Waals surface area contributed by atoms with Gasteiger partial charge in [-0.25, -0.2) is 0 Å². The molecular weight excluding hydrogens is 220 g/mol. The topological polar surface area (TPSA) is 29.3 Å². The minimum Gasteiger partial charge on any atom is -0.328 e. The summed E-state index contributed by atoms with van der Waals surface area (Å²) in [6.45, 7) is 5.53. The van der Waals surface area contributed by atoms with Crippen LogP contribution in [0.2, 0.25) is 0 Å². The molecule has 0 bridgehead atoms. The molecule has 2 atom stereocenters. The van der Waals surface area contributed by atoms with Gasteiger partial charge < -0.3 is 5.73 Å². The summed E-state index contributed by atoms with van der Waals surface area (Å²) in [7, 11) is 0. The summed E-state index contributed by atoms with van der Waals surface area (Å²) >= 11 is 0. The normalized spacial score (nSPS) is 23.3. The quantitative estimate of drug-likeness (QED) is 0.882. The summed E-state index contributed by atoms with van der Waals surface area (Å²) in [5.41, 5.74) is 7.28. The highest BCUT2D eigenvalue weighted by Crippen LogP contribution is 2.18. The molecule has 1 aromatic carbocycles. The first-order valence-corrected chi connectivity index (χ1v) is 6.95. The van der Waals surface area contributed by atoms with Crippen LogP contribution < -0.4 is 5.73 Å². The summed E-state index contributed by atoms with van der Waals surface area (Å²) in [6, 6.07) is 10.8. The van der Waals surface area contributed by atoms with Crippen LogP contribution in [0, 0.1) is 5.92 Å². The van der Waals surface area contributed by atoms with Crippen molar-refractivity contribution in [3.05, 3.63) is 42.0 Å². The Labute approximate surface area is 110 Å². The van der Waals surface area contributed by atoms with Crippen LogP contribution in [-0.4, -0.2) is 30.6 Å². The maximum atomic E-state index is 6.00. The lowest BCUT2D eigenvalue weighted by Gasteiger charge is -2.33. The molecule has 2 rings (SSSR count). The first kappa shape index (κ1) is 13.3. The summed E-state index contributed by atoms with van der Waals surface area (Å²) in [5, 5.41) is 0. The van der Waals surface area contributed by atoms with E-state index in [1.54, 1.807) is 0 Å². The molecule has 0 saturated carbocycles. The lowest BCUT2D eigenvalue weighted by atomic mass is 9.92. The number of hydrogen-bond donors (Lipinski definition) is 1. The molecule has 2 N–H and O–H groups in total. The van der Waals surface area contributed by atoms with Gasteiger partial charge in [0.2, 0.25) is 0 Å². The first-order valence-electron chi connectivity index (χ1n) is 6.95. The van der Waals surface area contributed by atoms with Gasteiger partial charge >= 0.3 is 0 Å². The molecule has 1 aromatic rings. The third-order valence-corrected chi connectivity index (χ3v) is 3.76. The van der Waals surface area contributed by atoms with Crippen molar-refractivity contribution < 1.29 is 0 Å². The smallest absolute Gasteiger partial charge is 0.0166 e. The molecule has 1 fully saturated rings. The zero-order valence-corrected chi connectivity index (χ0v) is 11.3. The van der Waals surface area contributed by atoms with Gasteiger partial charge in [-0.1, -0.05) is 42.5 Å². The fourth-order valence-corrected chi connectivity index (χ4v) is 2.59. The Morgan fingerprint density at radius 2 is 2.17 bits per heavy atom. The van der Waals surface area contributed by atoms with Crippen molar-refractivity contribution in [2.24, 2.45) is 11.7 Å². The van der Waals surface area contributed by atoms with Crippen molar-refractivity contribution in [3.8, 4) is 0 Å². The molecule has 1 aliphatic heterocycles. The highest BCUT2D eigenvalue weighted by molar-refractivity contribution is 5.48. The minimum atomic E-state index is 0.325.